The van der Waals surface area contributed by atoms with Crippen LogP contribution >= 0.6 is 0 Å². The number of benzene rings is 2. The van der Waals surface area contributed by atoms with Gasteiger partial charge in [0.2, 0.25) is 0 Å². The molecule has 0 aromatic heterocycles. The molecule has 0 fully saturated rings. The number of hydrogen-bond donors (Lipinski definition) is 5. The number of aliphatic hydroxyl groups is 1. The van der Waals surface area contributed by atoms with Gasteiger partial charge in [0.15, 0.2) is 17.3 Å². The zero-order valence-electron chi connectivity index (χ0n) is 19.6. The first-order valence-corrected chi connectivity index (χ1v) is 10.9. The van der Waals surface area contributed by atoms with Crippen LogP contribution in [0.2, 0.25) is 0 Å². The van der Waals surface area contributed by atoms with Crippen molar-refractivity contribution in [2.24, 2.45) is 0 Å². The van der Waals surface area contributed by atoms with Crippen molar-refractivity contribution in [3.05, 3.63) is 69.6 Å². The summed E-state index contributed by atoms with van der Waals surface area (Å²) in [5.74, 6) is -2.91. The third-order valence-corrected chi connectivity index (χ3v) is 6.58. The van der Waals surface area contributed by atoms with E-state index < -0.39 is 40.4 Å². The normalized spacial score (nSPS) is 21.0. The predicted molar refractivity (Wildman–Crippen MR) is 124 cm³/mol. The molecule has 182 valence electrons. The van der Waals surface area contributed by atoms with Crippen LogP contribution in [0.4, 0.5) is 0 Å². The maximum absolute atomic E-state index is 13.7. The van der Waals surface area contributed by atoms with Crippen LogP contribution in [0.25, 0.3) is 0 Å². The SMILES string of the molecule is CC(=O)c1c(O)c(C)c(O)c2c1OC1=CC(=O)/C(=C(/C)NC[C@H](O)c3cccc(O)c3)C(=O)[C@@]12C. The van der Waals surface area contributed by atoms with Gasteiger partial charge >= 0.3 is 0 Å². The number of phenols is 3. The van der Waals surface area contributed by atoms with E-state index in [0.717, 1.165) is 6.08 Å². The van der Waals surface area contributed by atoms with Crippen LogP contribution in [-0.2, 0) is 15.0 Å². The molecule has 0 amide bonds. The second-order valence-corrected chi connectivity index (χ2v) is 8.88. The number of carbonyl (C=O) groups excluding carboxylic acids is 3. The lowest BCUT2D eigenvalue weighted by Gasteiger charge is -2.29. The van der Waals surface area contributed by atoms with Gasteiger partial charge in [0.1, 0.15) is 39.7 Å². The third kappa shape index (κ3) is 3.55. The Bertz CT molecular complexity index is 1370. The van der Waals surface area contributed by atoms with Crippen LogP contribution in [0.5, 0.6) is 23.0 Å². The number of allylic oxidation sites excluding steroid dienone is 4. The monoisotopic (exact) mass is 479 g/mol. The molecule has 0 unspecified atom stereocenters. The molecule has 2 aliphatic rings. The first-order valence-electron chi connectivity index (χ1n) is 10.9. The van der Waals surface area contributed by atoms with Crippen molar-refractivity contribution in [1.29, 1.82) is 0 Å². The number of ketones is 3. The fourth-order valence-electron chi connectivity index (χ4n) is 4.55. The second-order valence-electron chi connectivity index (χ2n) is 8.88. The summed E-state index contributed by atoms with van der Waals surface area (Å²) < 4.78 is 5.73. The molecule has 0 spiro atoms. The van der Waals surface area contributed by atoms with Crippen molar-refractivity contribution < 1.29 is 39.5 Å². The fourth-order valence-corrected chi connectivity index (χ4v) is 4.55. The Labute approximate surface area is 201 Å². The number of aliphatic hydroxyl groups excluding tert-OH is 1. The Morgan fingerprint density at radius 2 is 1.83 bits per heavy atom. The lowest BCUT2D eigenvalue weighted by atomic mass is 9.70. The van der Waals surface area contributed by atoms with Gasteiger partial charge in [0, 0.05) is 23.9 Å². The Morgan fingerprint density at radius 1 is 1.14 bits per heavy atom. The lowest BCUT2D eigenvalue weighted by Crippen LogP contribution is -2.41. The number of fused-ring (bicyclic) bond motifs is 3. The highest BCUT2D eigenvalue weighted by molar-refractivity contribution is 6.31. The van der Waals surface area contributed by atoms with Crippen LogP contribution < -0.4 is 10.1 Å². The topological polar surface area (TPSA) is 153 Å². The molecule has 4 rings (SSSR count). The van der Waals surface area contributed by atoms with Crippen LogP contribution in [0, 0.1) is 6.92 Å². The number of phenolic OH excluding ortho intramolecular Hbond substituents is 3. The molecule has 1 aliphatic heterocycles. The van der Waals surface area contributed by atoms with E-state index in [1.165, 1.54) is 39.8 Å². The Hall–Kier alpha value is -4.11. The molecule has 0 saturated carbocycles. The summed E-state index contributed by atoms with van der Waals surface area (Å²) in [6, 6.07) is 6.08. The summed E-state index contributed by atoms with van der Waals surface area (Å²) in [5.41, 5.74) is -1.32. The Morgan fingerprint density at radius 3 is 2.46 bits per heavy atom. The molecule has 35 heavy (non-hydrogen) atoms. The van der Waals surface area contributed by atoms with Gasteiger partial charge in [-0.2, -0.15) is 0 Å². The zero-order valence-corrected chi connectivity index (χ0v) is 19.6. The Balaban J connectivity index is 1.76. The predicted octanol–water partition coefficient (Wildman–Crippen LogP) is 2.60. The largest absolute Gasteiger partial charge is 0.508 e. The van der Waals surface area contributed by atoms with Crippen LogP contribution in [0.3, 0.4) is 0 Å². The van der Waals surface area contributed by atoms with E-state index in [4.69, 9.17) is 4.74 Å². The average Bonchev–Trinajstić information content (AvgIpc) is 3.08. The highest BCUT2D eigenvalue weighted by Crippen LogP contribution is 2.57. The van der Waals surface area contributed by atoms with Crippen LogP contribution in [0.15, 0.2) is 47.4 Å². The van der Waals surface area contributed by atoms with Crippen molar-refractivity contribution in [3.63, 3.8) is 0 Å². The first kappa shape index (κ1) is 24.0. The molecule has 0 bridgehead atoms. The number of nitrogens with one attached hydrogen (secondary N) is 1. The summed E-state index contributed by atoms with van der Waals surface area (Å²) in [6.45, 7) is 5.58. The standard InChI is InChI=1S/C26H25NO8/c1-11-22(32)20(13(3)28)24-21(23(11)33)26(4)18(35-24)9-16(30)19(25(26)34)12(2)27-10-17(31)14-6-5-7-15(29)8-14/h5-9,17,27,29,31-33H,10H2,1-4H3/b19-12+/t17-,26-/m0/s1. The van der Waals surface area contributed by atoms with Crippen LogP contribution in [-0.4, -0.2) is 44.3 Å². The van der Waals surface area contributed by atoms with E-state index in [1.54, 1.807) is 12.1 Å². The second kappa shape index (κ2) is 8.28. The van der Waals surface area contributed by atoms with Crippen molar-refractivity contribution in [1.82, 2.24) is 5.32 Å². The Kier molecular flexibility index (Phi) is 5.68. The minimum Gasteiger partial charge on any atom is -0.508 e. The number of ether oxygens (including phenoxy) is 1. The number of hydrogen-bond acceptors (Lipinski definition) is 9. The lowest BCUT2D eigenvalue weighted by molar-refractivity contribution is -0.123. The van der Waals surface area contributed by atoms with Gasteiger partial charge in [-0.1, -0.05) is 12.1 Å². The van der Waals surface area contributed by atoms with E-state index in [1.807, 2.05) is 0 Å². The van der Waals surface area contributed by atoms with Gasteiger partial charge in [-0.25, -0.2) is 0 Å². The molecule has 5 N–H and O–H groups in total. The van der Waals surface area contributed by atoms with Crippen molar-refractivity contribution in [3.8, 4) is 23.0 Å². The summed E-state index contributed by atoms with van der Waals surface area (Å²) >= 11 is 0. The van der Waals surface area contributed by atoms with Gasteiger partial charge in [-0.05, 0) is 45.4 Å². The van der Waals surface area contributed by atoms with Gasteiger partial charge < -0.3 is 30.5 Å². The van der Waals surface area contributed by atoms with Crippen LogP contribution in [0.1, 0.15) is 53.9 Å². The zero-order chi connectivity index (χ0) is 25.8. The quantitative estimate of drug-likeness (QED) is 0.247. The van der Waals surface area contributed by atoms with Gasteiger partial charge in [-0.3, -0.25) is 14.4 Å². The van der Waals surface area contributed by atoms with Gasteiger partial charge in [0.25, 0.3) is 0 Å². The van der Waals surface area contributed by atoms with Crippen molar-refractivity contribution in [2.75, 3.05) is 6.54 Å². The minimum atomic E-state index is -1.61. The highest BCUT2D eigenvalue weighted by atomic mass is 16.5. The number of carbonyl (C=O) groups is 3. The molecule has 9 heteroatoms. The number of aromatic hydroxyl groups is 3. The van der Waals surface area contributed by atoms with E-state index in [-0.39, 0.29) is 51.8 Å². The van der Waals surface area contributed by atoms with Crippen molar-refractivity contribution >= 4 is 17.3 Å². The van der Waals surface area contributed by atoms with E-state index in [9.17, 15) is 34.8 Å². The first-order chi connectivity index (χ1) is 16.4. The molecular formula is C26H25NO8. The summed E-state index contributed by atoms with van der Waals surface area (Å²) in [5, 5.41) is 44.2. The summed E-state index contributed by atoms with van der Waals surface area (Å²) in [7, 11) is 0. The summed E-state index contributed by atoms with van der Waals surface area (Å²) in [6.07, 6.45) is 0.0972. The van der Waals surface area contributed by atoms with E-state index in [2.05, 4.69) is 5.32 Å². The molecule has 1 aliphatic carbocycles. The molecule has 2 aromatic carbocycles. The number of rotatable bonds is 5. The molecule has 1 heterocycles. The molecular weight excluding hydrogens is 454 g/mol. The van der Waals surface area contributed by atoms with E-state index >= 15 is 0 Å². The van der Waals surface area contributed by atoms with Gasteiger partial charge in [0.05, 0.1) is 17.2 Å². The summed E-state index contributed by atoms with van der Waals surface area (Å²) in [4.78, 5) is 38.9. The molecule has 2 atom stereocenters. The average molecular weight is 479 g/mol. The molecule has 0 radical (unpaired) electrons. The van der Waals surface area contributed by atoms with Crippen molar-refractivity contribution in [2.45, 2.75) is 39.2 Å². The smallest absolute Gasteiger partial charge is 0.194 e. The van der Waals surface area contributed by atoms with E-state index in [0.29, 0.717) is 5.56 Å². The maximum Gasteiger partial charge on any atom is 0.194 e. The molecule has 0 saturated heterocycles. The third-order valence-electron chi connectivity index (χ3n) is 6.58. The fraction of sp³-hybridized carbons (Fsp3) is 0.269. The molecule has 9 nitrogen and oxygen atoms in total. The highest BCUT2D eigenvalue weighted by Gasteiger charge is 2.56. The minimum absolute atomic E-state index is 0.00634. The maximum atomic E-state index is 13.7. The molecule has 2 aromatic rings. The van der Waals surface area contributed by atoms with Gasteiger partial charge in [-0.15, -0.1) is 0 Å². The number of Topliss-reactive ketones (excluding diaryl/α,β-unsaturated/α-hetero) is 2.